The predicted molar refractivity (Wildman–Crippen MR) is 78.3 cm³/mol. The number of nitro groups is 1. The number of halogens is 4. The van der Waals surface area contributed by atoms with E-state index in [0.717, 1.165) is 6.21 Å². The highest BCUT2D eigenvalue weighted by molar-refractivity contribution is 5.80. The fraction of sp³-hybridized carbons (Fsp3) is 0. The van der Waals surface area contributed by atoms with Gasteiger partial charge in [-0.25, -0.2) is 0 Å². The predicted octanol–water partition coefficient (Wildman–Crippen LogP) is 3.66. The minimum Gasteiger partial charge on any atom is -0.272 e. The number of allylic oxidation sites excluding steroid dienone is 1. The Labute approximate surface area is 132 Å². The topological polar surface area (TPSA) is 80.4 Å². The smallest absolute Gasteiger partial charge is 0.272 e. The summed E-state index contributed by atoms with van der Waals surface area (Å²) in [5, 5.41) is 14.2. The van der Waals surface area contributed by atoms with Crippen molar-refractivity contribution in [3.63, 3.8) is 0 Å². The van der Waals surface area contributed by atoms with Crippen LogP contribution in [0.25, 0.3) is 6.08 Å². The van der Waals surface area contributed by atoms with Crippen LogP contribution >= 0.6 is 0 Å². The molecule has 0 saturated heterocycles. The van der Waals surface area contributed by atoms with Crippen molar-refractivity contribution in [2.45, 2.75) is 0 Å². The summed E-state index contributed by atoms with van der Waals surface area (Å²) < 4.78 is 52.3. The van der Waals surface area contributed by atoms with Gasteiger partial charge in [-0.2, -0.15) is 27.6 Å². The van der Waals surface area contributed by atoms with E-state index in [2.05, 4.69) is 10.1 Å². The number of para-hydroxylation sites is 1. The summed E-state index contributed by atoms with van der Waals surface area (Å²) in [7, 11) is 0. The van der Waals surface area contributed by atoms with Crippen molar-refractivity contribution in [2.75, 3.05) is 5.43 Å². The molecule has 0 radical (unpaired) electrons. The molecule has 24 heavy (non-hydrogen) atoms. The Bertz CT molecular complexity index is 814. The highest BCUT2D eigenvalue weighted by Crippen LogP contribution is 2.22. The Morgan fingerprint density at radius 1 is 1.12 bits per heavy atom. The van der Waals surface area contributed by atoms with E-state index < -0.39 is 34.1 Å². The van der Waals surface area contributed by atoms with E-state index in [1.807, 2.05) is 0 Å². The number of aromatic nitrogens is 1. The summed E-state index contributed by atoms with van der Waals surface area (Å²) in [4.78, 5) is 12.6. The first-order chi connectivity index (χ1) is 11.4. The van der Waals surface area contributed by atoms with E-state index in [1.54, 1.807) is 11.5 Å². The third kappa shape index (κ3) is 3.72. The second kappa shape index (κ2) is 7.31. The second-order valence-electron chi connectivity index (χ2n) is 4.26. The molecule has 2 rings (SSSR count). The summed E-state index contributed by atoms with van der Waals surface area (Å²) in [6.07, 6.45) is 3.55. The van der Waals surface area contributed by atoms with Gasteiger partial charge in [-0.1, -0.05) is 12.1 Å². The molecular weight excluding hydrogens is 332 g/mol. The Kier molecular flexibility index (Phi) is 5.20. The van der Waals surface area contributed by atoms with Gasteiger partial charge in [0.05, 0.1) is 10.5 Å². The van der Waals surface area contributed by atoms with E-state index in [9.17, 15) is 27.7 Å². The van der Waals surface area contributed by atoms with Gasteiger partial charge in [0.25, 0.3) is 17.6 Å². The number of nitro benzene ring substituents is 1. The average molecular weight is 340 g/mol. The largest absolute Gasteiger partial charge is 0.276 e. The molecule has 0 aliphatic carbocycles. The van der Waals surface area contributed by atoms with E-state index >= 15 is 0 Å². The van der Waals surface area contributed by atoms with Gasteiger partial charge < -0.3 is 0 Å². The van der Waals surface area contributed by atoms with E-state index in [-0.39, 0.29) is 11.3 Å². The quantitative estimate of drug-likeness (QED) is 0.296. The van der Waals surface area contributed by atoms with Gasteiger partial charge in [0.1, 0.15) is 5.69 Å². The minimum absolute atomic E-state index is 0.148. The zero-order valence-electron chi connectivity index (χ0n) is 11.7. The molecule has 0 spiro atoms. The van der Waals surface area contributed by atoms with Crippen molar-refractivity contribution in [1.82, 2.24) is 4.98 Å². The van der Waals surface area contributed by atoms with E-state index in [4.69, 9.17) is 0 Å². The first kappa shape index (κ1) is 17.1. The van der Waals surface area contributed by atoms with Gasteiger partial charge >= 0.3 is 0 Å². The normalized spacial score (nSPS) is 11.3. The first-order valence-corrected chi connectivity index (χ1v) is 6.31. The van der Waals surface area contributed by atoms with Crippen molar-refractivity contribution >= 4 is 23.7 Å². The highest BCUT2D eigenvalue weighted by atomic mass is 19.2. The van der Waals surface area contributed by atoms with Crippen molar-refractivity contribution in [1.29, 1.82) is 0 Å². The van der Waals surface area contributed by atoms with Gasteiger partial charge in [-0.3, -0.25) is 15.5 Å². The molecule has 1 heterocycles. The lowest BCUT2D eigenvalue weighted by atomic mass is 10.2. The van der Waals surface area contributed by atoms with E-state index in [1.165, 1.54) is 30.4 Å². The zero-order chi connectivity index (χ0) is 17.7. The van der Waals surface area contributed by atoms with Crippen LogP contribution in [0.15, 0.2) is 35.4 Å². The fourth-order valence-electron chi connectivity index (χ4n) is 1.67. The molecule has 0 saturated carbocycles. The second-order valence-corrected chi connectivity index (χ2v) is 4.26. The summed E-state index contributed by atoms with van der Waals surface area (Å²) in [6.45, 7) is 0. The molecule has 1 aromatic carbocycles. The number of hydrogen-bond donors (Lipinski definition) is 1. The van der Waals surface area contributed by atoms with Crippen LogP contribution in [0.5, 0.6) is 0 Å². The van der Waals surface area contributed by atoms with Crippen LogP contribution in [0.3, 0.4) is 0 Å². The maximum Gasteiger partial charge on any atom is 0.276 e. The Morgan fingerprint density at radius 2 is 1.75 bits per heavy atom. The molecule has 0 atom stereocenters. The number of rotatable bonds is 5. The lowest BCUT2D eigenvalue weighted by molar-refractivity contribution is -0.385. The summed E-state index contributed by atoms with van der Waals surface area (Å²) in [6, 6.07) is 5.84. The molecule has 1 aromatic heterocycles. The number of anilines is 1. The maximum absolute atomic E-state index is 13.3. The number of benzene rings is 1. The number of pyridine rings is 1. The maximum atomic E-state index is 13.3. The van der Waals surface area contributed by atoms with Crippen LogP contribution < -0.4 is 5.43 Å². The van der Waals surface area contributed by atoms with Crippen molar-refractivity contribution < 1.29 is 22.5 Å². The van der Waals surface area contributed by atoms with Crippen LogP contribution in [-0.2, 0) is 0 Å². The van der Waals surface area contributed by atoms with Gasteiger partial charge in [-0.05, 0) is 18.2 Å². The molecule has 0 bridgehead atoms. The Morgan fingerprint density at radius 3 is 2.38 bits per heavy atom. The molecule has 0 aliphatic heterocycles. The van der Waals surface area contributed by atoms with Crippen LogP contribution in [0.2, 0.25) is 0 Å². The van der Waals surface area contributed by atoms with Gasteiger partial charge in [0.15, 0.2) is 0 Å². The van der Waals surface area contributed by atoms with Crippen LogP contribution in [0.4, 0.5) is 28.9 Å². The molecule has 10 heteroatoms. The third-order valence-corrected chi connectivity index (χ3v) is 2.74. The molecule has 2 aromatic rings. The first-order valence-electron chi connectivity index (χ1n) is 6.31. The Balaban J connectivity index is 2.13. The van der Waals surface area contributed by atoms with Crippen LogP contribution in [-0.4, -0.2) is 16.1 Å². The van der Waals surface area contributed by atoms with Crippen molar-refractivity contribution in [3.8, 4) is 0 Å². The van der Waals surface area contributed by atoms with Crippen LogP contribution in [0.1, 0.15) is 5.56 Å². The van der Waals surface area contributed by atoms with E-state index in [0.29, 0.717) is 0 Å². The molecule has 6 nitrogen and oxygen atoms in total. The summed E-state index contributed by atoms with van der Waals surface area (Å²) in [5.74, 6) is -7.09. The zero-order valence-corrected chi connectivity index (χ0v) is 11.7. The van der Waals surface area contributed by atoms with Crippen molar-refractivity contribution in [3.05, 3.63) is 69.5 Å². The average Bonchev–Trinajstić information content (AvgIpc) is 2.55. The van der Waals surface area contributed by atoms with Crippen molar-refractivity contribution in [2.24, 2.45) is 5.10 Å². The molecular formula is C14H8F4N4O2. The standard InChI is InChI=1S/C14H8F4N4O2/c15-10-12(11(16)14(18)20-13(10)17)21-19-7-3-5-8-4-1-2-6-9(8)22(23)24/h1-7H,(H,20,21)/b5-3+,19-7+. The van der Waals surface area contributed by atoms with Gasteiger partial charge in [-0.15, -0.1) is 0 Å². The molecule has 0 aliphatic rings. The Hall–Kier alpha value is -3.30. The van der Waals surface area contributed by atoms with Gasteiger partial charge in [0.2, 0.25) is 11.6 Å². The lowest BCUT2D eigenvalue weighted by Crippen LogP contribution is -2.05. The monoisotopic (exact) mass is 340 g/mol. The molecule has 0 fully saturated rings. The minimum atomic E-state index is -1.82. The number of nitrogens with one attached hydrogen (secondary N) is 1. The number of hydrogen-bond acceptors (Lipinski definition) is 5. The summed E-state index contributed by atoms with van der Waals surface area (Å²) in [5.41, 5.74) is 0.781. The molecule has 124 valence electrons. The van der Waals surface area contributed by atoms with Crippen LogP contribution in [0, 0.1) is 33.6 Å². The van der Waals surface area contributed by atoms with Gasteiger partial charge in [0, 0.05) is 12.3 Å². The number of hydrazone groups is 1. The highest BCUT2D eigenvalue weighted by Gasteiger charge is 2.20. The molecule has 0 unspecified atom stereocenters. The lowest BCUT2D eigenvalue weighted by Gasteiger charge is -2.04. The SMILES string of the molecule is O=[N+]([O-])c1ccccc1/C=C/C=N/Nc1c(F)c(F)nc(F)c1F. The fourth-order valence-corrected chi connectivity index (χ4v) is 1.67. The molecule has 0 amide bonds. The molecule has 1 N–H and O–H groups in total. The number of nitrogens with zero attached hydrogens (tertiary/aromatic N) is 3. The summed E-state index contributed by atoms with van der Waals surface area (Å²) >= 11 is 0. The third-order valence-electron chi connectivity index (χ3n) is 2.74.